The second-order valence-electron chi connectivity index (χ2n) is 5.75. The maximum absolute atomic E-state index is 12.6. The van der Waals surface area contributed by atoms with E-state index in [0.717, 1.165) is 5.69 Å². The summed E-state index contributed by atoms with van der Waals surface area (Å²) in [5.74, 6) is 0.385. The summed E-state index contributed by atoms with van der Waals surface area (Å²) in [6, 6.07) is 3.09. The smallest absolute Gasteiger partial charge is 0.278 e. The Morgan fingerprint density at radius 1 is 1.38 bits per heavy atom. The number of hydrogen-bond acceptors (Lipinski definition) is 7. The molecule has 3 aromatic rings. The number of methoxy groups -OCH3 is 2. The molecule has 3 N–H and O–H groups in total. The first-order valence-corrected chi connectivity index (χ1v) is 7.91. The van der Waals surface area contributed by atoms with E-state index in [9.17, 15) is 4.79 Å². The van der Waals surface area contributed by atoms with Gasteiger partial charge in [-0.15, -0.1) is 0 Å². The van der Waals surface area contributed by atoms with E-state index in [1.807, 2.05) is 10.5 Å². The molecule has 0 aliphatic carbocycles. The van der Waals surface area contributed by atoms with Gasteiger partial charge in [-0.1, -0.05) is 0 Å². The van der Waals surface area contributed by atoms with Crippen molar-refractivity contribution in [1.29, 1.82) is 5.41 Å². The highest BCUT2D eigenvalue weighted by molar-refractivity contribution is 5.81. The molecule has 26 heavy (non-hydrogen) atoms. The predicted molar refractivity (Wildman–Crippen MR) is 96.6 cm³/mol. The number of rotatable bonds is 5. The lowest BCUT2D eigenvalue weighted by Crippen LogP contribution is -2.33. The summed E-state index contributed by atoms with van der Waals surface area (Å²) in [5.41, 5.74) is 8.18. The molecule has 0 saturated carbocycles. The van der Waals surface area contributed by atoms with Crippen LogP contribution < -0.4 is 16.0 Å². The fraction of sp³-hybridized carbons (Fsp3) is 0.294. The number of nitrogens with zero attached hydrogens (tertiary/aromatic N) is 4. The van der Waals surface area contributed by atoms with E-state index < -0.39 is 6.04 Å². The van der Waals surface area contributed by atoms with Gasteiger partial charge in [-0.3, -0.25) is 10.2 Å². The molecule has 0 aromatic carbocycles. The number of aromatic nitrogens is 4. The monoisotopic (exact) mass is 356 g/mol. The van der Waals surface area contributed by atoms with Gasteiger partial charge in [0.05, 0.1) is 32.0 Å². The molecule has 0 radical (unpaired) electrons. The highest BCUT2D eigenvalue weighted by Gasteiger charge is 2.19. The average molecular weight is 356 g/mol. The number of nitrogens with one attached hydrogen (secondary N) is 1. The van der Waals surface area contributed by atoms with Crippen LogP contribution in [0.2, 0.25) is 0 Å². The molecule has 9 nitrogen and oxygen atoms in total. The molecule has 136 valence electrons. The minimum atomic E-state index is -0.570. The second-order valence-corrected chi connectivity index (χ2v) is 5.75. The first-order valence-electron chi connectivity index (χ1n) is 7.91. The number of fused-ring (bicyclic) bond motifs is 1. The van der Waals surface area contributed by atoms with Crippen LogP contribution in [0.4, 0.5) is 0 Å². The summed E-state index contributed by atoms with van der Waals surface area (Å²) in [5, 5.41) is 11.7. The van der Waals surface area contributed by atoms with E-state index in [-0.39, 0.29) is 11.5 Å². The zero-order valence-electron chi connectivity index (χ0n) is 14.8. The summed E-state index contributed by atoms with van der Waals surface area (Å²) < 4.78 is 13.3. The van der Waals surface area contributed by atoms with Crippen molar-refractivity contribution in [2.45, 2.75) is 12.5 Å². The molecular formula is C17H20N6O3. The predicted octanol–water partition coefficient (Wildman–Crippen LogP) is 0.597. The van der Waals surface area contributed by atoms with E-state index in [2.05, 4.69) is 10.1 Å². The SMILES string of the molecule is COC(=N)[C@@H](N)Cc1ccc(-c2c(OC)cnn(C)c2=O)c2nccn12. The van der Waals surface area contributed by atoms with Crippen LogP contribution in [0.3, 0.4) is 0 Å². The van der Waals surface area contributed by atoms with Gasteiger partial charge in [-0.05, 0) is 12.1 Å². The first kappa shape index (κ1) is 17.6. The molecule has 0 amide bonds. The molecule has 0 fully saturated rings. The molecule has 0 saturated heterocycles. The Hall–Kier alpha value is -3.20. The fourth-order valence-corrected chi connectivity index (χ4v) is 2.83. The van der Waals surface area contributed by atoms with Crippen molar-refractivity contribution >= 4 is 11.5 Å². The Morgan fingerprint density at radius 3 is 2.85 bits per heavy atom. The van der Waals surface area contributed by atoms with E-state index in [0.29, 0.717) is 28.9 Å². The van der Waals surface area contributed by atoms with Gasteiger partial charge in [0.25, 0.3) is 5.56 Å². The Balaban J connectivity index is 2.16. The van der Waals surface area contributed by atoms with Crippen LogP contribution in [-0.4, -0.2) is 45.3 Å². The second kappa shape index (κ2) is 6.96. The number of ether oxygens (including phenoxy) is 2. The topological polar surface area (TPSA) is 121 Å². The lowest BCUT2D eigenvalue weighted by molar-refractivity contribution is 0.376. The van der Waals surface area contributed by atoms with Crippen LogP contribution in [0.15, 0.2) is 35.5 Å². The van der Waals surface area contributed by atoms with Gasteiger partial charge < -0.3 is 19.6 Å². The third kappa shape index (κ3) is 2.93. The number of nitrogens with two attached hydrogens (primary N) is 1. The summed E-state index contributed by atoms with van der Waals surface area (Å²) >= 11 is 0. The quantitative estimate of drug-likeness (QED) is 0.510. The van der Waals surface area contributed by atoms with Crippen LogP contribution >= 0.6 is 0 Å². The van der Waals surface area contributed by atoms with E-state index in [4.69, 9.17) is 20.6 Å². The van der Waals surface area contributed by atoms with Gasteiger partial charge in [0.1, 0.15) is 5.65 Å². The molecule has 3 aromatic heterocycles. The van der Waals surface area contributed by atoms with Crippen molar-refractivity contribution < 1.29 is 9.47 Å². The fourth-order valence-electron chi connectivity index (χ4n) is 2.83. The largest absolute Gasteiger partial charge is 0.494 e. The van der Waals surface area contributed by atoms with Crippen LogP contribution in [0.25, 0.3) is 16.8 Å². The third-order valence-electron chi connectivity index (χ3n) is 4.21. The van der Waals surface area contributed by atoms with Crippen LogP contribution in [0, 0.1) is 5.41 Å². The first-order chi connectivity index (χ1) is 12.5. The highest BCUT2D eigenvalue weighted by atomic mass is 16.5. The third-order valence-corrected chi connectivity index (χ3v) is 4.21. The maximum atomic E-state index is 12.6. The highest BCUT2D eigenvalue weighted by Crippen LogP contribution is 2.29. The maximum Gasteiger partial charge on any atom is 0.278 e. The van der Waals surface area contributed by atoms with Crippen LogP contribution in [0.5, 0.6) is 5.75 Å². The van der Waals surface area contributed by atoms with Crippen molar-refractivity contribution in [2.24, 2.45) is 12.8 Å². The van der Waals surface area contributed by atoms with Gasteiger partial charge in [-0.2, -0.15) is 5.10 Å². The van der Waals surface area contributed by atoms with Gasteiger partial charge in [-0.25, -0.2) is 9.67 Å². The summed E-state index contributed by atoms with van der Waals surface area (Å²) in [6.45, 7) is 0. The lowest BCUT2D eigenvalue weighted by atomic mass is 10.1. The van der Waals surface area contributed by atoms with Crippen molar-refractivity contribution in [3.8, 4) is 16.9 Å². The minimum absolute atomic E-state index is 0.00649. The molecule has 0 bridgehead atoms. The Labute approximate surface area is 149 Å². The summed E-state index contributed by atoms with van der Waals surface area (Å²) in [7, 11) is 4.49. The molecule has 0 aliphatic heterocycles. The average Bonchev–Trinajstić information content (AvgIpc) is 3.14. The van der Waals surface area contributed by atoms with Gasteiger partial charge in [0.15, 0.2) is 11.6 Å². The Morgan fingerprint density at radius 2 is 2.15 bits per heavy atom. The molecule has 3 heterocycles. The lowest BCUT2D eigenvalue weighted by Gasteiger charge is -2.15. The van der Waals surface area contributed by atoms with Gasteiger partial charge in [0, 0.05) is 37.1 Å². The molecule has 9 heteroatoms. The molecule has 0 aliphatic rings. The molecule has 1 atom stereocenters. The van der Waals surface area contributed by atoms with Crippen molar-refractivity contribution in [2.75, 3.05) is 14.2 Å². The van der Waals surface area contributed by atoms with Crippen molar-refractivity contribution in [3.63, 3.8) is 0 Å². The molecular weight excluding hydrogens is 336 g/mol. The van der Waals surface area contributed by atoms with Crippen LogP contribution in [-0.2, 0) is 18.2 Å². The van der Waals surface area contributed by atoms with Crippen molar-refractivity contribution in [3.05, 3.63) is 46.8 Å². The molecule has 0 unspecified atom stereocenters. The number of hydrogen-bond donors (Lipinski definition) is 2. The number of pyridine rings is 1. The standard InChI is InChI=1S/C17H20N6O3/c1-22-17(24)14(13(25-2)9-21-22)11-5-4-10(8-12(18)15(19)26-3)23-7-6-20-16(11)23/h4-7,9,12,19H,8,18H2,1-3H3/t12-/m0/s1. The normalized spacial score (nSPS) is 12.2. The van der Waals surface area contributed by atoms with Crippen LogP contribution in [0.1, 0.15) is 5.69 Å². The van der Waals surface area contributed by atoms with Crippen molar-refractivity contribution in [1.82, 2.24) is 19.2 Å². The van der Waals surface area contributed by atoms with E-state index in [1.165, 1.54) is 25.1 Å². The van der Waals surface area contributed by atoms with Gasteiger partial charge in [0.2, 0.25) is 0 Å². The zero-order chi connectivity index (χ0) is 18.8. The summed E-state index contributed by atoms with van der Waals surface area (Å²) in [6.07, 6.45) is 5.33. The number of imidazole rings is 1. The molecule has 3 rings (SSSR count). The molecule has 0 spiro atoms. The Bertz CT molecular complexity index is 1020. The van der Waals surface area contributed by atoms with E-state index in [1.54, 1.807) is 25.5 Å². The number of aryl methyl sites for hydroxylation is 1. The summed E-state index contributed by atoms with van der Waals surface area (Å²) in [4.78, 5) is 17.0. The zero-order valence-corrected chi connectivity index (χ0v) is 14.8. The van der Waals surface area contributed by atoms with Gasteiger partial charge >= 0.3 is 0 Å². The minimum Gasteiger partial charge on any atom is -0.494 e. The Kier molecular flexibility index (Phi) is 4.72. The van der Waals surface area contributed by atoms with E-state index >= 15 is 0 Å².